The van der Waals surface area contributed by atoms with E-state index in [4.69, 9.17) is 33.0 Å². The molecule has 0 spiro atoms. The van der Waals surface area contributed by atoms with Crippen molar-refractivity contribution in [2.24, 2.45) is 0 Å². The van der Waals surface area contributed by atoms with Crippen molar-refractivity contribution < 1.29 is 14.6 Å². The van der Waals surface area contributed by atoms with Crippen LogP contribution in [0.15, 0.2) is 47.8 Å². The summed E-state index contributed by atoms with van der Waals surface area (Å²) in [6, 6.07) is 12.1. The van der Waals surface area contributed by atoms with Gasteiger partial charge in [-0.1, -0.05) is 23.2 Å². The highest BCUT2D eigenvalue weighted by Crippen LogP contribution is 2.33. The Morgan fingerprint density at radius 3 is 2.48 bits per heavy atom. The average molecular weight is 366 g/mol. The molecule has 3 rings (SSSR count). The van der Waals surface area contributed by atoms with Crippen molar-refractivity contribution >= 4 is 40.5 Å². The molecular formula is C16H9Cl2NO3S. The first kappa shape index (κ1) is 15.8. The lowest BCUT2D eigenvalue weighted by molar-refractivity contribution is 0.0691. The second-order valence-electron chi connectivity index (χ2n) is 4.54. The summed E-state index contributed by atoms with van der Waals surface area (Å²) in [5.41, 5.74) is 0.857. The molecule has 23 heavy (non-hydrogen) atoms. The second-order valence-corrected chi connectivity index (χ2v) is 6.25. The highest BCUT2D eigenvalue weighted by Gasteiger charge is 2.10. The summed E-state index contributed by atoms with van der Waals surface area (Å²) in [7, 11) is 0. The highest BCUT2D eigenvalue weighted by molar-refractivity contribution is 7.13. The van der Waals surface area contributed by atoms with Crippen LogP contribution < -0.4 is 4.74 Å². The van der Waals surface area contributed by atoms with Crippen molar-refractivity contribution in [3.8, 4) is 22.1 Å². The van der Waals surface area contributed by atoms with Crippen LogP contribution in [-0.2, 0) is 0 Å². The molecule has 1 aromatic heterocycles. The molecule has 116 valence electrons. The van der Waals surface area contributed by atoms with Gasteiger partial charge in [0, 0.05) is 16.0 Å². The molecule has 1 heterocycles. The van der Waals surface area contributed by atoms with Crippen LogP contribution in [0.3, 0.4) is 0 Å². The summed E-state index contributed by atoms with van der Waals surface area (Å²) in [6.07, 6.45) is 0. The minimum absolute atomic E-state index is 0.0401. The van der Waals surface area contributed by atoms with E-state index in [9.17, 15) is 4.79 Å². The fraction of sp³-hybridized carbons (Fsp3) is 0. The van der Waals surface area contributed by atoms with E-state index in [-0.39, 0.29) is 5.69 Å². The van der Waals surface area contributed by atoms with Gasteiger partial charge in [0.25, 0.3) is 0 Å². The molecule has 0 saturated carbocycles. The van der Waals surface area contributed by atoms with Gasteiger partial charge in [-0.2, -0.15) is 0 Å². The topological polar surface area (TPSA) is 59.4 Å². The molecule has 0 fully saturated rings. The van der Waals surface area contributed by atoms with Crippen LogP contribution in [0.2, 0.25) is 10.0 Å². The fourth-order valence-corrected chi connectivity index (χ4v) is 3.10. The van der Waals surface area contributed by atoms with E-state index in [1.807, 2.05) is 12.1 Å². The zero-order valence-electron chi connectivity index (χ0n) is 11.5. The van der Waals surface area contributed by atoms with Gasteiger partial charge >= 0.3 is 5.97 Å². The monoisotopic (exact) mass is 365 g/mol. The number of thiazole rings is 1. The van der Waals surface area contributed by atoms with Crippen LogP contribution in [0.4, 0.5) is 0 Å². The van der Waals surface area contributed by atoms with Gasteiger partial charge in [-0.3, -0.25) is 0 Å². The van der Waals surface area contributed by atoms with Crippen molar-refractivity contribution in [3.63, 3.8) is 0 Å². The van der Waals surface area contributed by atoms with E-state index in [0.717, 1.165) is 5.56 Å². The van der Waals surface area contributed by atoms with Crippen LogP contribution >= 0.6 is 34.5 Å². The molecule has 0 aliphatic rings. The Morgan fingerprint density at radius 1 is 1.13 bits per heavy atom. The number of carbonyl (C=O) groups is 1. The summed E-state index contributed by atoms with van der Waals surface area (Å²) < 4.78 is 5.70. The fourth-order valence-electron chi connectivity index (χ4n) is 1.86. The molecule has 0 amide bonds. The quantitative estimate of drug-likeness (QED) is 0.652. The maximum Gasteiger partial charge on any atom is 0.355 e. The third-order valence-corrected chi connectivity index (χ3v) is 4.37. The number of halogens is 2. The number of hydrogen-bond acceptors (Lipinski definition) is 4. The summed E-state index contributed by atoms with van der Waals surface area (Å²) in [5, 5.41) is 12.0. The van der Waals surface area contributed by atoms with Gasteiger partial charge in [0.15, 0.2) is 5.69 Å². The van der Waals surface area contributed by atoms with E-state index in [1.165, 1.54) is 16.7 Å². The zero-order valence-corrected chi connectivity index (χ0v) is 13.8. The third-order valence-electron chi connectivity index (χ3n) is 2.95. The number of ether oxygens (including phenoxy) is 1. The van der Waals surface area contributed by atoms with Crippen molar-refractivity contribution in [3.05, 3.63) is 63.6 Å². The summed E-state index contributed by atoms with van der Waals surface area (Å²) in [4.78, 5) is 14.9. The van der Waals surface area contributed by atoms with E-state index in [0.29, 0.717) is 26.6 Å². The van der Waals surface area contributed by atoms with E-state index < -0.39 is 5.97 Å². The van der Waals surface area contributed by atoms with Crippen LogP contribution in [0, 0.1) is 0 Å². The maximum atomic E-state index is 10.9. The van der Waals surface area contributed by atoms with Gasteiger partial charge in [0.2, 0.25) is 0 Å². The van der Waals surface area contributed by atoms with E-state index >= 15 is 0 Å². The smallest absolute Gasteiger partial charge is 0.355 e. The van der Waals surface area contributed by atoms with Crippen LogP contribution in [0.25, 0.3) is 10.6 Å². The van der Waals surface area contributed by atoms with Crippen molar-refractivity contribution in [1.82, 2.24) is 4.98 Å². The van der Waals surface area contributed by atoms with Gasteiger partial charge in [0.1, 0.15) is 16.5 Å². The molecular weight excluding hydrogens is 357 g/mol. The van der Waals surface area contributed by atoms with Crippen molar-refractivity contribution in [2.45, 2.75) is 0 Å². The van der Waals surface area contributed by atoms with Gasteiger partial charge in [-0.05, 0) is 42.5 Å². The summed E-state index contributed by atoms with van der Waals surface area (Å²) >= 11 is 13.2. The maximum absolute atomic E-state index is 10.9. The molecule has 3 aromatic rings. The van der Waals surface area contributed by atoms with Gasteiger partial charge in [0.05, 0.1) is 5.02 Å². The van der Waals surface area contributed by atoms with Crippen LogP contribution in [-0.4, -0.2) is 16.1 Å². The molecule has 0 bridgehead atoms. The normalized spacial score (nSPS) is 10.5. The number of aromatic carboxylic acids is 1. The molecule has 0 unspecified atom stereocenters. The molecule has 4 nitrogen and oxygen atoms in total. The van der Waals surface area contributed by atoms with E-state index in [1.54, 1.807) is 30.3 Å². The average Bonchev–Trinajstić information content (AvgIpc) is 3.01. The SMILES string of the molecule is O=C(O)c1csc(-c2ccc(Oc3ccc(Cl)cc3Cl)cc2)n1. The highest BCUT2D eigenvalue weighted by atomic mass is 35.5. The lowest BCUT2D eigenvalue weighted by atomic mass is 10.2. The molecule has 7 heteroatoms. The largest absolute Gasteiger partial charge is 0.476 e. The van der Waals surface area contributed by atoms with Crippen molar-refractivity contribution in [2.75, 3.05) is 0 Å². The van der Waals surface area contributed by atoms with Gasteiger partial charge < -0.3 is 9.84 Å². The Balaban J connectivity index is 1.80. The van der Waals surface area contributed by atoms with Gasteiger partial charge in [-0.25, -0.2) is 9.78 Å². The first-order chi connectivity index (χ1) is 11.0. The zero-order chi connectivity index (χ0) is 16.4. The Labute approximate surface area is 145 Å². The number of benzene rings is 2. The molecule has 0 saturated heterocycles. The minimum Gasteiger partial charge on any atom is -0.476 e. The third kappa shape index (κ3) is 3.64. The van der Waals surface area contributed by atoms with Crippen LogP contribution in [0.5, 0.6) is 11.5 Å². The molecule has 0 radical (unpaired) electrons. The number of aromatic nitrogens is 1. The van der Waals surface area contributed by atoms with Crippen LogP contribution in [0.1, 0.15) is 10.5 Å². The Bertz CT molecular complexity index is 862. The predicted molar refractivity (Wildman–Crippen MR) is 91.0 cm³/mol. The van der Waals surface area contributed by atoms with Crippen molar-refractivity contribution in [1.29, 1.82) is 0 Å². The standard InChI is InChI=1S/C16H9Cl2NO3S/c17-10-3-6-14(12(18)7-10)22-11-4-1-9(2-5-11)15-19-13(8-23-15)16(20)21/h1-8H,(H,20,21). The molecule has 0 aliphatic carbocycles. The number of rotatable bonds is 4. The number of carboxylic acids is 1. The molecule has 2 aromatic carbocycles. The second kappa shape index (κ2) is 6.58. The Hall–Kier alpha value is -2.08. The number of nitrogens with zero attached hydrogens (tertiary/aromatic N) is 1. The van der Waals surface area contributed by atoms with E-state index in [2.05, 4.69) is 4.98 Å². The first-order valence-corrected chi connectivity index (χ1v) is 8.08. The Morgan fingerprint density at radius 2 is 1.87 bits per heavy atom. The number of hydrogen-bond donors (Lipinski definition) is 1. The lowest BCUT2D eigenvalue weighted by Gasteiger charge is -2.08. The minimum atomic E-state index is -1.04. The first-order valence-electron chi connectivity index (χ1n) is 6.45. The van der Waals surface area contributed by atoms with Gasteiger partial charge in [-0.15, -0.1) is 11.3 Å². The Kier molecular flexibility index (Phi) is 4.52. The summed E-state index contributed by atoms with van der Waals surface area (Å²) in [5.74, 6) is 0.0732. The number of carboxylic acid groups (broad SMARTS) is 1. The molecule has 0 aliphatic heterocycles. The predicted octanol–water partition coefficient (Wildman–Crippen LogP) is 5.61. The molecule has 0 atom stereocenters. The summed E-state index contributed by atoms with van der Waals surface area (Å²) in [6.45, 7) is 0. The lowest BCUT2D eigenvalue weighted by Crippen LogP contribution is -1.95. The molecule has 1 N–H and O–H groups in total.